The topological polar surface area (TPSA) is 26.0 Å². The van der Waals surface area contributed by atoms with E-state index < -0.39 is 0 Å². The zero-order valence-corrected chi connectivity index (χ0v) is 9.54. The van der Waals surface area contributed by atoms with Crippen LogP contribution >= 0.6 is 11.8 Å². The van der Waals surface area contributed by atoms with Crippen LogP contribution in [-0.2, 0) is 0 Å². The monoisotopic (exact) mass is 189 g/mol. The number of unbranched alkanes of at least 4 members (excludes halogenated alkanes) is 3. The third kappa shape index (κ3) is 10.3. The lowest BCUT2D eigenvalue weighted by Gasteiger charge is -2.17. The minimum atomic E-state index is 0.00935. The lowest BCUT2D eigenvalue weighted by atomic mass is 10.1. The fourth-order valence-electron chi connectivity index (χ4n) is 0.966. The second kappa shape index (κ2) is 6.79. The van der Waals surface area contributed by atoms with Crippen LogP contribution in [0.4, 0.5) is 0 Å². The van der Waals surface area contributed by atoms with Gasteiger partial charge in [0.05, 0.1) is 0 Å². The van der Waals surface area contributed by atoms with E-state index in [1.165, 1.54) is 31.4 Å². The SMILES string of the molecule is CCCCCCSCC(C)(C)N. The Balaban J connectivity index is 3.01. The van der Waals surface area contributed by atoms with Crippen LogP contribution in [0.15, 0.2) is 0 Å². The molecule has 0 atom stereocenters. The van der Waals surface area contributed by atoms with Crippen LogP contribution in [0.5, 0.6) is 0 Å². The number of nitrogens with two attached hydrogens (primary N) is 1. The van der Waals surface area contributed by atoms with Gasteiger partial charge in [-0.3, -0.25) is 0 Å². The van der Waals surface area contributed by atoms with Gasteiger partial charge in [-0.05, 0) is 26.0 Å². The van der Waals surface area contributed by atoms with Crippen molar-refractivity contribution >= 4 is 11.8 Å². The maximum absolute atomic E-state index is 5.86. The third-order valence-corrected chi connectivity index (χ3v) is 3.14. The summed E-state index contributed by atoms with van der Waals surface area (Å²) >= 11 is 1.99. The number of rotatable bonds is 7. The van der Waals surface area contributed by atoms with Crippen LogP contribution in [0, 0.1) is 0 Å². The quantitative estimate of drug-likeness (QED) is 0.623. The zero-order valence-electron chi connectivity index (χ0n) is 8.73. The van der Waals surface area contributed by atoms with Gasteiger partial charge in [0.15, 0.2) is 0 Å². The Bertz CT molecular complexity index is 96.5. The van der Waals surface area contributed by atoms with Crippen molar-refractivity contribution in [2.45, 2.75) is 52.0 Å². The molecule has 74 valence electrons. The lowest BCUT2D eigenvalue weighted by molar-refractivity contribution is 0.590. The fraction of sp³-hybridized carbons (Fsp3) is 1.00. The molecule has 0 radical (unpaired) electrons. The predicted octanol–water partition coefficient (Wildman–Crippen LogP) is 3.04. The molecule has 0 spiro atoms. The molecule has 2 heteroatoms. The summed E-state index contributed by atoms with van der Waals surface area (Å²) in [5.41, 5.74) is 5.86. The summed E-state index contributed by atoms with van der Waals surface area (Å²) in [6, 6.07) is 0. The van der Waals surface area contributed by atoms with Gasteiger partial charge in [-0.15, -0.1) is 0 Å². The Hall–Kier alpha value is 0.310. The van der Waals surface area contributed by atoms with E-state index in [9.17, 15) is 0 Å². The van der Waals surface area contributed by atoms with Crippen LogP contribution in [0.2, 0.25) is 0 Å². The molecule has 0 amide bonds. The molecule has 2 N–H and O–H groups in total. The molecule has 0 heterocycles. The van der Waals surface area contributed by atoms with Crippen molar-refractivity contribution in [3.8, 4) is 0 Å². The van der Waals surface area contributed by atoms with Crippen molar-refractivity contribution in [2.24, 2.45) is 5.73 Å². The molecule has 0 aromatic carbocycles. The van der Waals surface area contributed by atoms with Crippen molar-refractivity contribution in [1.82, 2.24) is 0 Å². The van der Waals surface area contributed by atoms with E-state index in [-0.39, 0.29) is 5.54 Å². The molecule has 0 bridgehead atoms. The number of thioether (sulfide) groups is 1. The van der Waals surface area contributed by atoms with E-state index >= 15 is 0 Å². The van der Waals surface area contributed by atoms with Crippen LogP contribution < -0.4 is 5.73 Å². The largest absolute Gasteiger partial charge is 0.325 e. The summed E-state index contributed by atoms with van der Waals surface area (Å²) in [7, 11) is 0. The molecule has 0 aliphatic carbocycles. The molecule has 0 aromatic heterocycles. The van der Waals surface area contributed by atoms with Crippen molar-refractivity contribution in [2.75, 3.05) is 11.5 Å². The third-order valence-electron chi connectivity index (χ3n) is 1.62. The average Bonchev–Trinajstić information content (AvgIpc) is 1.94. The second-order valence-corrected chi connectivity index (χ2v) is 5.21. The van der Waals surface area contributed by atoms with Crippen LogP contribution in [-0.4, -0.2) is 17.0 Å². The molecular formula is C10H23NS. The minimum Gasteiger partial charge on any atom is -0.325 e. The Morgan fingerprint density at radius 3 is 2.33 bits per heavy atom. The van der Waals surface area contributed by atoms with Gasteiger partial charge in [-0.25, -0.2) is 0 Å². The summed E-state index contributed by atoms with van der Waals surface area (Å²) in [6.07, 6.45) is 5.45. The molecule has 0 aromatic rings. The molecule has 0 saturated carbocycles. The van der Waals surface area contributed by atoms with Gasteiger partial charge >= 0.3 is 0 Å². The summed E-state index contributed by atoms with van der Waals surface area (Å²) < 4.78 is 0. The smallest absolute Gasteiger partial charge is 0.0188 e. The number of hydrogen-bond donors (Lipinski definition) is 1. The maximum Gasteiger partial charge on any atom is 0.0188 e. The van der Waals surface area contributed by atoms with E-state index in [0.29, 0.717) is 0 Å². The summed E-state index contributed by atoms with van der Waals surface area (Å²) in [5, 5.41) is 0. The van der Waals surface area contributed by atoms with Crippen molar-refractivity contribution < 1.29 is 0 Å². The predicted molar refractivity (Wildman–Crippen MR) is 59.7 cm³/mol. The van der Waals surface area contributed by atoms with E-state index in [4.69, 9.17) is 5.73 Å². The van der Waals surface area contributed by atoms with E-state index in [2.05, 4.69) is 20.8 Å². The van der Waals surface area contributed by atoms with E-state index in [1.807, 2.05) is 11.8 Å². The molecule has 12 heavy (non-hydrogen) atoms. The van der Waals surface area contributed by atoms with E-state index in [0.717, 1.165) is 5.75 Å². The van der Waals surface area contributed by atoms with Crippen LogP contribution in [0.1, 0.15) is 46.5 Å². The van der Waals surface area contributed by atoms with Gasteiger partial charge in [0.2, 0.25) is 0 Å². The maximum atomic E-state index is 5.86. The molecular weight excluding hydrogens is 166 g/mol. The summed E-state index contributed by atoms with van der Waals surface area (Å²) in [6.45, 7) is 6.42. The van der Waals surface area contributed by atoms with Crippen LogP contribution in [0.3, 0.4) is 0 Å². The highest BCUT2D eigenvalue weighted by Gasteiger charge is 2.09. The van der Waals surface area contributed by atoms with Gasteiger partial charge in [-0.1, -0.05) is 26.2 Å². The first-order valence-corrected chi connectivity index (χ1v) is 6.08. The van der Waals surface area contributed by atoms with Gasteiger partial charge < -0.3 is 5.73 Å². The first kappa shape index (κ1) is 12.3. The van der Waals surface area contributed by atoms with Crippen molar-refractivity contribution in [3.63, 3.8) is 0 Å². The Morgan fingerprint density at radius 1 is 1.17 bits per heavy atom. The standard InChI is InChI=1S/C10H23NS/c1-4-5-6-7-8-12-9-10(2,3)11/h4-9,11H2,1-3H3. The molecule has 0 saturated heterocycles. The molecule has 0 unspecified atom stereocenters. The highest BCUT2D eigenvalue weighted by molar-refractivity contribution is 7.99. The zero-order chi connectivity index (χ0) is 9.45. The lowest BCUT2D eigenvalue weighted by Crippen LogP contribution is -2.34. The molecule has 0 fully saturated rings. The van der Waals surface area contributed by atoms with Crippen LogP contribution in [0.25, 0.3) is 0 Å². The molecule has 0 rings (SSSR count). The summed E-state index contributed by atoms with van der Waals surface area (Å²) in [4.78, 5) is 0. The fourth-order valence-corrected chi connectivity index (χ4v) is 2.04. The van der Waals surface area contributed by atoms with E-state index in [1.54, 1.807) is 0 Å². The summed E-state index contributed by atoms with van der Waals surface area (Å²) in [5.74, 6) is 2.36. The molecule has 1 nitrogen and oxygen atoms in total. The molecule has 0 aliphatic rings. The Kier molecular flexibility index (Phi) is 6.96. The first-order valence-electron chi connectivity index (χ1n) is 4.93. The van der Waals surface area contributed by atoms with Gasteiger partial charge in [0.25, 0.3) is 0 Å². The van der Waals surface area contributed by atoms with Crippen molar-refractivity contribution in [1.29, 1.82) is 0 Å². The highest BCUT2D eigenvalue weighted by Crippen LogP contribution is 2.12. The average molecular weight is 189 g/mol. The van der Waals surface area contributed by atoms with Gasteiger partial charge in [-0.2, -0.15) is 11.8 Å². The highest BCUT2D eigenvalue weighted by atomic mass is 32.2. The Morgan fingerprint density at radius 2 is 1.83 bits per heavy atom. The van der Waals surface area contributed by atoms with Crippen molar-refractivity contribution in [3.05, 3.63) is 0 Å². The molecule has 0 aliphatic heterocycles. The number of hydrogen-bond acceptors (Lipinski definition) is 2. The normalized spacial score (nSPS) is 12.0. The van der Waals surface area contributed by atoms with Gasteiger partial charge in [0, 0.05) is 11.3 Å². The Labute approximate surface area is 81.5 Å². The first-order chi connectivity index (χ1) is 5.56. The van der Waals surface area contributed by atoms with Gasteiger partial charge in [0.1, 0.15) is 0 Å². The second-order valence-electron chi connectivity index (χ2n) is 4.10. The minimum absolute atomic E-state index is 0.00935.